The van der Waals surface area contributed by atoms with E-state index in [9.17, 15) is 43.2 Å². The minimum Gasteiger partial charge on any atom is -0.540 e. The van der Waals surface area contributed by atoms with Gasteiger partial charge >= 0.3 is 18.3 Å². The van der Waals surface area contributed by atoms with E-state index in [1.165, 1.54) is 14.7 Å². The summed E-state index contributed by atoms with van der Waals surface area (Å²) in [5.74, 6) is 0.243. The average Bonchev–Trinajstić information content (AvgIpc) is 1.63. The third-order valence-electron chi connectivity index (χ3n) is 26.7. The molecule has 0 spiro atoms. The topological polar surface area (TPSA) is 332 Å². The minimum atomic E-state index is -0.893. The number of amides is 6. The van der Waals surface area contributed by atoms with Crippen LogP contribution in [0.15, 0.2) is 72.8 Å². The number of fused-ring (bicyclic) bond motifs is 15. The van der Waals surface area contributed by atoms with Crippen molar-refractivity contribution in [2.24, 2.45) is 51.8 Å². The maximum absolute atomic E-state index is 14.0. The Hall–Kier alpha value is -7.94. The molecule has 9 heterocycles. The molecule has 9 aliphatic rings. The Morgan fingerprint density at radius 1 is 0.374 bits per heavy atom. The van der Waals surface area contributed by atoms with E-state index in [-0.39, 0.29) is 123 Å². The van der Waals surface area contributed by atoms with Gasteiger partial charge in [-0.2, -0.15) is 0 Å². The zero-order valence-electron chi connectivity index (χ0n) is 73.8. The van der Waals surface area contributed by atoms with Crippen LogP contribution in [0.2, 0.25) is 0 Å². The van der Waals surface area contributed by atoms with Crippen LogP contribution >= 0.6 is 0 Å². The van der Waals surface area contributed by atoms with Gasteiger partial charge in [-0.3, -0.25) is 14.4 Å². The number of hydrogen-bond acceptors (Lipinski definition) is 21. The average molecular weight is 1800 g/mol. The zero-order valence-corrected chi connectivity index (χ0v) is 78.0. The summed E-state index contributed by atoms with van der Waals surface area (Å²) in [6.45, 7) is 27.2. The number of nitrogens with zero attached hydrogens (tertiary/aromatic N) is 9. The molecule has 3 saturated heterocycles. The van der Waals surface area contributed by atoms with Crippen molar-refractivity contribution in [2.45, 2.75) is 310 Å². The van der Waals surface area contributed by atoms with Crippen LogP contribution in [0.25, 0.3) is 33.1 Å². The monoisotopic (exact) mass is 1800 g/mol. The van der Waals surface area contributed by atoms with Gasteiger partial charge in [0.05, 0.1) is 52.7 Å². The fourth-order valence-corrected chi connectivity index (χ4v) is 19.1. The van der Waals surface area contributed by atoms with Gasteiger partial charge in [0.1, 0.15) is 70.8 Å². The van der Waals surface area contributed by atoms with E-state index in [1.807, 2.05) is 170 Å². The second kappa shape index (κ2) is 41.2. The first-order valence-electron chi connectivity index (χ1n) is 43.9. The molecule has 123 heavy (non-hydrogen) atoms. The van der Waals surface area contributed by atoms with Crippen molar-refractivity contribution >= 4 is 88.0 Å². The maximum Gasteiger partial charge on any atom is 0.408 e. The summed E-state index contributed by atoms with van der Waals surface area (Å²) in [7, 11) is 0. The van der Waals surface area contributed by atoms with Gasteiger partial charge in [-0.15, -0.1) is 0 Å². The number of nitrogens with one attached hydrogen (secondary N) is 3. The summed E-state index contributed by atoms with van der Waals surface area (Å²) < 4.78 is 37.2. The largest absolute Gasteiger partial charge is 0.540 e. The molecule has 6 aromatic rings. The Kier molecular flexibility index (Phi) is 32.6. The van der Waals surface area contributed by atoms with Gasteiger partial charge < -0.3 is 73.5 Å². The van der Waals surface area contributed by atoms with E-state index in [1.54, 1.807) is 0 Å². The molecular weight excluding hydrogens is 1680 g/mol. The van der Waals surface area contributed by atoms with Crippen LogP contribution in [0.3, 0.4) is 0 Å². The predicted molar refractivity (Wildman–Crippen MR) is 451 cm³/mol. The number of aromatic nitrogens is 6. The van der Waals surface area contributed by atoms with Gasteiger partial charge in [0.2, 0.25) is 35.4 Å². The molecule has 6 aliphatic heterocycles. The summed E-state index contributed by atoms with van der Waals surface area (Å²) in [6.07, 6.45) is 23.4. The van der Waals surface area contributed by atoms with Crippen LogP contribution in [0, 0.1) is 51.8 Å². The Morgan fingerprint density at radius 2 is 0.691 bits per heavy atom. The van der Waals surface area contributed by atoms with Crippen LogP contribution in [0.4, 0.5) is 14.4 Å². The molecule has 6 fully saturated rings. The number of rotatable bonds is 3. The molecule has 30 heteroatoms. The van der Waals surface area contributed by atoms with E-state index < -0.39 is 100 Å². The molecule has 3 saturated carbocycles. The van der Waals surface area contributed by atoms with Gasteiger partial charge in [0, 0.05) is 61.6 Å². The first-order chi connectivity index (χ1) is 57.1. The first kappa shape index (κ1) is 97.3. The number of hydrogen-bond donors (Lipinski definition) is 3. The predicted octanol–water partition coefficient (Wildman–Crippen LogP) is 14.3. The fraction of sp³-hybridized carbons (Fsp3) is 0.645. The number of aryl methyl sites for hydroxylation is 3. The molecule has 0 unspecified atom stereocenters. The molecule has 663 valence electrons. The molecule has 3 aliphatic carbocycles. The number of carbonyl (C=O) groups is 6. The second-order valence-corrected chi connectivity index (χ2v) is 38.8. The fourth-order valence-electron chi connectivity index (χ4n) is 19.1. The van der Waals surface area contributed by atoms with Gasteiger partial charge in [-0.1, -0.05) is 176 Å². The van der Waals surface area contributed by atoms with Gasteiger partial charge in [-0.25, -0.2) is 63.1 Å². The summed E-state index contributed by atoms with van der Waals surface area (Å²) in [4.78, 5) is 151. The molecular formula is C93H123N12O15V3-3. The van der Waals surface area contributed by atoms with Crippen LogP contribution in [-0.4, -0.2) is 191 Å². The molecule has 18 atom stereocenters. The number of carbonyl (C=O) groups excluding carboxylic acids is 9. The smallest absolute Gasteiger partial charge is 0.408 e. The number of ether oxygens (including phenoxy) is 6. The van der Waals surface area contributed by atoms with Crippen LogP contribution < -0.4 is 30.2 Å². The van der Waals surface area contributed by atoms with Gasteiger partial charge in [0.25, 0.3) is 0 Å². The molecule has 3 radical (unpaired) electrons. The normalized spacial score (nSPS) is 30.6. The van der Waals surface area contributed by atoms with Crippen molar-refractivity contribution in [2.75, 3.05) is 19.6 Å². The summed E-state index contributed by atoms with van der Waals surface area (Å²) in [5, 5.41) is 8.56. The molecule has 3 N–H and O–H groups in total. The first-order valence-corrected chi connectivity index (χ1v) is 43.9. The van der Waals surface area contributed by atoms with Crippen LogP contribution in [-0.2, 0) is 118 Å². The van der Waals surface area contributed by atoms with Crippen molar-refractivity contribution in [1.29, 1.82) is 0 Å². The molecule has 6 amide bonds. The van der Waals surface area contributed by atoms with Crippen molar-refractivity contribution in [3.8, 4) is 17.6 Å². The number of para-hydroxylation sites is 6. The van der Waals surface area contributed by atoms with Gasteiger partial charge in [0.15, 0.2) is 0 Å². The Labute approximate surface area is 759 Å². The van der Waals surface area contributed by atoms with Crippen LogP contribution in [0.5, 0.6) is 17.6 Å². The van der Waals surface area contributed by atoms with Crippen molar-refractivity contribution in [3.63, 3.8) is 0 Å². The Balaban J connectivity index is 0.000000191. The standard InChI is InChI=1S/C32H43N4O5.C31H41N4O5.C30H39N4O5.3V/c1-20-25(19-37)36-18-26(20)40-28-24(33-22-14-9-10-15-23(22)34-28)16-8-6-7-12-21-13-11-17-32(21,5)41-30(39)35-27(29(36)38)31(2,3)4;1-19-24(18-36)35-17-26(19)39-28-23(32-21-13-8-9-14-22(21)33-28)15-7-5-6-11-20-12-10-16-25(20)40-30(38)34-27(29(35)37)31(2,3)4;1-18-23(17-35)34-16-24(18)38-26-22(31-20-12-9-10-13-21(20)32-26)14-8-6-7-11-19-15-30(19,5)39-28(37)33-25(27(34)36)29(2,3)4;;;/h9-10,14-15,20-21,25-27H,6-8,11-13,16-18H2,1-5H3,(H,35,39);8-9,13-14,19-20,24-27H,5-7,10-12,15-17H2,1-4H3,(H,34,38);9-10,12-13,18-19,23-25H,6-8,11,14-16H2,1-5H3,(H,33,37);;;/q3*-1;;;/t20-,21+,25+,26-,27+,32+;19-,20+,24+,25+,26-,27+;18-,19+,23+,24-,25+,30+;;;/m000.../s1. The quantitative estimate of drug-likeness (QED) is 0.109. The van der Waals surface area contributed by atoms with Crippen molar-refractivity contribution < 1.29 is 127 Å². The molecule has 15 rings (SSSR count). The third-order valence-corrected chi connectivity index (χ3v) is 26.7. The van der Waals surface area contributed by atoms with E-state index in [0.717, 1.165) is 179 Å². The van der Waals surface area contributed by atoms with E-state index in [2.05, 4.69) is 34.8 Å². The third kappa shape index (κ3) is 22.7. The second-order valence-electron chi connectivity index (χ2n) is 38.8. The maximum atomic E-state index is 14.0. The van der Waals surface area contributed by atoms with E-state index in [0.29, 0.717) is 42.3 Å². The van der Waals surface area contributed by atoms with Crippen molar-refractivity contribution in [1.82, 2.24) is 60.6 Å². The van der Waals surface area contributed by atoms with Gasteiger partial charge in [-0.05, 0) is 199 Å². The summed E-state index contributed by atoms with van der Waals surface area (Å²) in [6, 6.07) is 18.1. The molecule has 3 aromatic carbocycles. The van der Waals surface area contributed by atoms with E-state index in [4.69, 9.17) is 58.3 Å². The molecule has 3 aromatic heterocycles. The summed E-state index contributed by atoms with van der Waals surface area (Å²) in [5.41, 5.74) is 4.09. The summed E-state index contributed by atoms with van der Waals surface area (Å²) >= 11 is 0. The Bertz CT molecular complexity index is 4740. The minimum absolute atomic E-state index is 0. The zero-order chi connectivity index (χ0) is 85.8. The van der Waals surface area contributed by atoms with Crippen molar-refractivity contribution in [3.05, 3.63) is 89.9 Å². The van der Waals surface area contributed by atoms with Crippen LogP contribution in [0.1, 0.15) is 236 Å². The molecule has 27 nitrogen and oxygen atoms in total. The SMILES string of the molecule is C[C@@H]1[C@@H]2CN(C(=O)[C@H](C(C)(C)C)NC(=O)O[C@@H]3CCC[C@H]3CCCCCc3nc4ccccc4nc3O2)[C@@H]1[C-]=O.C[C@@H]1[C@@H]2CN(C(=O)[C@H](C(C)(C)C)NC(=O)O[C@]3(C)CCC[C@H]3CCCCCc3nc4ccccc4nc3O2)[C@@H]1[C-]=O.C[C@@H]1[C@@H]2CN(C(=O)[C@H](C(C)(C)C)NC(=O)O[C@]3(C)C[C@H]3CCCCCc3nc4ccccc4nc3O2)[C@@H]1[C-]=O.[V].[V].[V]. The molecule has 6 bridgehead atoms. The van der Waals surface area contributed by atoms with E-state index >= 15 is 0 Å². The number of benzene rings is 3. The number of alkyl carbamates (subject to hydrolysis) is 3. The Morgan fingerprint density at radius 3 is 1.05 bits per heavy atom.